The molecule has 3 atom stereocenters. The van der Waals surface area contributed by atoms with Crippen molar-refractivity contribution < 1.29 is 23.4 Å². The Morgan fingerprint density at radius 1 is 0.617 bits per heavy atom. The topological polar surface area (TPSA) is 44.8 Å². The molecule has 60 heavy (non-hydrogen) atoms. The van der Waals surface area contributed by atoms with Crippen molar-refractivity contribution in [3.63, 3.8) is 0 Å². The maximum absolute atomic E-state index is 14.4. The van der Waals surface area contributed by atoms with Crippen molar-refractivity contribution in [1.29, 1.82) is 0 Å². The van der Waals surface area contributed by atoms with E-state index in [-0.39, 0.29) is 4.88 Å². The zero-order valence-corrected chi connectivity index (χ0v) is 50.5. The Morgan fingerprint density at radius 2 is 1.03 bits per heavy atom. The SMILES string of the molecule is CCCCC(CC)COC(=O)c1sc2c(Br)sc(Br)c2c1F.CCCCC(CC)COc1c2c[c]([Sn]([CH3])([CH3])[CH3])sc2c(OCC(CC)CCCC)c2c[c]([Sn]([CH3])([CH3])[CH3])sc12. The van der Waals surface area contributed by atoms with Crippen LogP contribution in [0.4, 0.5) is 4.39 Å². The van der Waals surface area contributed by atoms with Gasteiger partial charge in [-0.15, -0.1) is 22.7 Å². The van der Waals surface area contributed by atoms with Crippen LogP contribution in [0.5, 0.6) is 11.5 Å². The second-order valence-corrected chi connectivity index (χ2v) is 56.0. The van der Waals surface area contributed by atoms with Crippen LogP contribution in [0.2, 0.25) is 29.6 Å². The zero-order valence-electron chi connectivity index (χ0n) is 38.4. The van der Waals surface area contributed by atoms with E-state index in [2.05, 4.69) is 115 Å². The van der Waals surface area contributed by atoms with E-state index in [1.807, 2.05) is 22.7 Å². The van der Waals surface area contributed by atoms with Crippen LogP contribution in [0.25, 0.3) is 30.3 Å². The van der Waals surface area contributed by atoms with E-state index in [4.69, 9.17) is 14.2 Å². The molecule has 4 nitrogen and oxygen atoms in total. The number of esters is 1. The average Bonchev–Trinajstić information content (AvgIpc) is 3.99. The van der Waals surface area contributed by atoms with Gasteiger partial charge in [0.25, 0.3) is 0 Å². The minimum absolute atomic E-state index is 0.0598. The number of carbonyl (C=O) groups is 1. The van der Waals surface area contributed by atoms with Crippen LogP contribution in [-0.2, 0) is 4.74 Å². The molecule has 0 N–H and O–H groups in total. The van der Waals surface area contributed by atoms with Gasteiger partial charge >= 0.3 is 258 Å². The molecule has 0 spiro atoms. The summed E-state index contributed by atoms with van der Waals surface area (Å²) >= 11 is 8.75. The number of hydrogen-bond acceptors (Lipinski definition) is 8. The molecular formula is C47H71Br2FO4S4Sn2. The second-order valence-electron chi connectivity index (χ2n) is 18.4. The van der Waals surface area contributed by atoms with E-state index < -0.39 is 48.5 Å². The summed E-state index contributed by atoms with van der Waals surface area (Å²) < 4.78 is 41.8. The van der Waals surface area contributed by atoms with Crippen LogP contribution in [0.15, 0.2) is 19.7 Å². The first-order chi connectivity index (χ1) is 28.4. The van der Waals surface area contributed by atoms with E-state index in [9.17, 15) is 9.18 Å². The fourth-order valence-corrected chi connectivity index (χ4v) is 24.3. The van der Waals surface area contributed by atoms with Gasteiger partial charge in [-0.2, -0.15) is 0 Å². The molecule has 3 unspecified atom stereocenters. The van der Waals surface area contributed by atoms with Gasteiger partial charge in [0.1, 0.15) is 4.88 Å². The van der Waals surface area contributed by atoms with Crippen molar-refractivity contribution >= 4 is 156 Å². The van der Waals surface area contributed by atoms with E-state index >= 15 is 0 Å². The molecule has 0 aliphatic carbocycles. The van der Waals surface area contributed by atoms with Crippen LogP contribution in [-0.4, -0.2) is 62.5 Å². The summed E-state index contributed by atoms with van der Waals surface area (Å²) in [6.45, 7) is 15.5. The molecule has 4 heterocycles. The number of unbranched alkanes of at least 4 members (excludes halogenated alkanes) is 3. The quantitative estimate of drug-likeness (QED) is 0.0483. The van der Waals surface area contributed by atoms with Gasteiger partial charge in [-0.3, -0.25) is 0 Å². The molecule has 13 heteroatoms. The summed E-state index contributed by atoms with van der Waals surface area (Å²) in [7, 11) is 0. The van der Waals surface area contributed by atoms with E-state index in [1.165, 1.54) is 82.9 Å². The molecule has 0 aliphatic rings. The monoisotopic (exact) mass is 1240 g/mol. The fraction of sp³-hybridized carbons (Fsp3) is 0.638. The Hall–Kier alpha value is 0.357. The number of carbonyl (C=O) groups excluding carboxylic acids is 1. The number of rotatable bonds is 23. The molecule has 5 rings (SSSR count). The molecule has 0 amide bonds. The third kappa shape index (κ3) is 13.9. The summed E-state index contributed by atoms with van der Waals surface area (Å²) in [4.78, 5) is 27.4. The van der Waals surface area contributed by atoms with E-state index in [0.717, 1.165) is 70.2 Å². The standard InChI is InChI=1S/C26H36O2S2.C15H17Br2FO2S2.6CH3.2Sn/c1-5-9-11-19(7-3)17-27-23-21-13-15-30-26(21)24(22-14-16-29-25(22)23)28-18-20(8-4)12-10-6-2;1-3-5-6-8(4-2)7-20-15(19)12-10(18)9-11(21-12)14(17)22-13(9)16;;;;;;;;/h13-14,19-20H,5-12,17-18H2,1-4H3;8H,3-7H2,1-2H3;6*1H3;;. The van der Waals surface area contributed by atoms with Gasteiger partial charge in [0, 0.05) is 0 Å². The van der Waals surface area contributed by atoms with Crippen molar-refractivity contribution in [1.82, 2.24) is 0 Å². The van der Waals surface area contributed by atoms with Gasteiger partial charge in [-0.1, -0.05) is 33.1 Å². The Labute approximate surface area is 402 Å². The number of halogens is 3. The molecule has 1 aromatic carbocycles. The van der Waals surface area contributed by atoms with Gasteiger partial charge in [-0.25, -0.2) is 9.18 Å². The molecule has 0 bridgehead atoms. The molecular weight excluding hydrogens is 1170 g/mol. The third-order valence-corrected chi connectivity index (χ3v) is 36.6. The Bertz CT molecular complexity index is 1980. The molecule has 5 aromatic rings. The van der Waals surface area contributed by atoms with E-state index in [0.29, 0.717) is 33.5 Å². The van der Waals surface area contributed by atoms with Gasteiger partial charge in [0.2, 0.25) is 0 Å². The molecule has 4 aromatic heterocycles. The first-order valence-electron chi connectivity index (χ1n) is 22.5. The Morgan fingerprint density at radius 3 is 1.40 bits per heavy atom. The van der Waals surface area contributed by atoms with E-state index in [1.54, 1.807) is 5.79 Å². The molecule has 0 radical (unpaired) electrons. The first kappa shape index (κ1) is 53.0. The maximum atomic E-state index is 14.4. The summed E-state index contributed by atoms with van der Waals surface area (Å²) in [5.41, 5.74) is 0. The Kier molecular flexibility index (Phi) is 21.9. The van der Waals surface area contributed by atoms with Crippen molar-refractivity contribution in [2.75, 3.05) is 19.8 Å². The van der Waals surface area contributed by atoms with Gasteiger partial charge < -0.3 is 4.74 Å². The third-order valence-electron chi connectivity index (χ3n) is 11.4. The van der Waals surface area contributed by atoms with Crippen LogP contribution in [0.3, 0.4) is 0 Å². The number of fused-ring (bicyclic) bond motifs is 3. The van der Waals surface area contributed by atoms with Crippen molar-refractivity contribution in [3.05, 3.63) is 30.4 Å². The first-order valence-corrected chi connectivity index (χ1v) is 47.3. The summed E-state index contributed by atoms with van der Waals surface area (Å²) in [6.07, 6.45) is 14.2. The second kappa shape index (κ2) is 24.8. The summed E-state index contributed by atoms with van der Waals surface area (Å²) in [6, 6.07) is 5.03. The zero-order chi connectivity index (χ0) is 44.4. The molecule has 336 valence electrons. The van der Waals surface area contributed by atoms with Crippen LogP contribution in [0.1, 0.15) is 128 Å². The van der Waals surface area contributed by atoms with Gasteiger partial charge in [0.15, 0.2) is 5.82 Å². The van der Waals surface area contributed by atoms with Crippen LogP contribution < -0.4 is 15.3 Å². The number of ether oxygens (including phenoxy) is 3. The van der Waals surface area contributed by atoms with Crippen molar-refractivity contribution in [3.8, 4) is 11.5 Å². The van der Waals surface area contributed by atoms with Crippen LogP contribution >= 0.6 is 77.2 Å². The number of benzene rings is 1. The fourth-order valence-electron chi connectivity index (χ4n) is 7.12. The Balaban J connectivity index is 0.000000305. The molecule has 0 fully saturated rings. The predicted molar refractivity (Wildman–Crippen MR) is 279 cm³/mol. The average molecular weight is 1240 g/mol. The molecule has 0 saturated heterocycles. The van der Waals surface area contributed by atoms with Crippen LogP contribution in [0, 0.1) is 23.6 Å². The normalized spacial score (nSPS) is 13.8. The predicted octanol–water partition coefficient (Wildman–Crippen LogP) is 17.4. The summed E-state index contributed by atoms with van der Waals surface area (Å²) in [5, 5.41) is 3.11. The van der Waals surface area contributed by atoms with Gasteiger partial charge in [-0.05, 0) is 44.2 Å². The summed E-state index contributed by atoms with van der Waals surface area (Å²) in [5.74, 6) is 2.87. The number of thiophene rings is 4. The number of hydrogen-bond donors (Lipinski definition) is 0. The van der Waals surface area contributed by atoms with Gasteiger partial charge in [0.05, 0.1) is 24.3 Å². The van der Waals surface area contributed by atoms with Crippen molar-refractivity contribution in [2.45, 2.75) is 148 Å². The molecule has 0 aliphatic heterocycles. The minimum atomic E-state index is -2.28. The van der Waals surface area contributed by atoms with Crippen molar-refractivity contribution in [2.24, 2.45) is 17.8 Å². The molecule has 0 saturated carbocycles.